The molecule has 0 aliphatic heterocycles. The first-order valence-electron chi connectivity index (χ1n) is 5.99. The van der Waals surface area contributed by atoms with Crippen LogP contribution in [0.3, 0.4) is 0 Å². The van der Waals surface area contributed by atoms with E-state index in [1.165, 1.54) is 12.3 Å². The van der Waals surface area contributed by atoms with Gasteiger partial charge in [0.25, 0.3) is 10.0 Å². The molecule has 2 unspecified atom stereocenters. The molecule has 2 atom stereocenters. The van der Waals surface area contributed by atoms with Gasteiger partial charge < -0.3 is 0 Å². The Morgan fingerprint density at radius 3 is 2.67 bits per heavy atom. The Labute approximate surface area is 108 Å². The Kier molecular flexibility index (Phi) is 5.22. The number of nitrogens with zero attached hydrogens (tertiary/aromatic N) is 1. The van der Waals surface area contributed by atoms with Crippen molar-refractivity contribution in [3.05, 3.63) is 24.1 Å². The molecule has 0 spiro atoms. The smallest absolute Gasteiger partial charge is 0.241 e. The first-order valence-corrected chi connectivity index (χ1v) is 7.48. The van der Waals surface area contributed by atoms with Crippen molar-refractivity contribution in [1.82, 2.24) is 9.71 Å². The molecule has 18 heavy (non-hydrogen) atoms. The molecule has 0 radical (unpaired) electrons. The molecule has 0 fully saturated rings. The van der Waals surface area contributed by atoms with Crippen molar-refractivity contribution in [3.8, 4) is 0 Å². The fourth-order valence-electron chi connectivity index (χ4n) is 1.71. The zero-order valence-electron chi connectivity index (χ0n) is 10.9. The van der Waals surface area contributed by atoms with Gasteiger partial charge in [0.15, 0.2) is 5.82 Å². The molecule has 1 aromatic heterocycles. The fraction of sp³-hybridized carbons (Fsp3) is 0.583. The highest BCUT2D eigenvalue weighted by Crippen LogP contribution is 2.14. The number of aromatic nitrogens is 1. The molecule has 0 aliphatic rings. The normalized spacial score (nSPS) is 15.3. The van der Waals surface area contributed by atoms with Gasteiger partial charge in [0.1, 0.15) is 0 Å². The van der Waals surface area contributed by atoms with Gasteiger partial charge in [-0.2, -0.15) is 0 Å². The summed E-state index contributed by atoms with van der Waals surface area (Å²) in [5.41, 5.74) is 0. The van der Waals surface area contributed by atoms with Crippen molar-refractivity contribution in [2.45, 2.75) is 44.7 Å². The molecule has 0 aromatic carbocycles. The molecule has 6 heteroatoms. The number of pyridine rings is 1. The summed E-state index contributed by atoms with van der Waals surface area (Å²) < 4.78 is 39.7. The number of hydrogen-bond acceptors (Lipinski definition) is 3. The van der Waals surface area contributed by atoms with Crippen LogP contribution in [0.5, 0.6) is 0 Å². The van der Waals surface area contributed by atoms with Crippen molar-refractivity contribution in [2.24, 2.45) is 5.92 Å². The molecule has 0 amide bonds. The second kappa shape index (κ2) is 6.24. The quantitative estimate of drug-likeness (QED) is 0.866. The minimum atomic E-state index is -3.88. The minimum absolute atomic E-state index is 0.244. The van der Waals surface area contributed by atoms with Crippen LogP contribution in [0.15, 0.2) is 23.4 Å². The van der Waals surface area contributed by atoms with Gasteiger partial charge in [0.2, 0.25) is 5.03 Å². The van der Waals surface area contributed by atoms with E-state index in [4.69, 9.17) is 0 Å². The number of nitrogens with one attached hydrogen (secondary N) is 1. The van der Waals surface area contributed by atoms with E-state index < -0.39 is 20.9 Å². The van der Waals surface area contributed by atoms with Crippen molar-refractivity contribution >= 4 is 10.0 Å². The van der Waals surface area contributed by atoms with E-state index in [0.29, 0.717) is 12.3 Å². The van der Waals surface area contributed by atoms with Gasteiger partial charge in [-0.25, -0.2) is 22.5 Å². The molecule has 0 saturated heterocycles. The number of sulfonamides is 1. The van der Waals surface area contributed by atoms with Gasteiger partial charge in [-0.15, -0.1) is 0 Å². The van der Waals surface area contributed by atoms with Crippen LogP contribution in [0.4, 0.5) is 4.39 Å². The first-order chi connectivity index (χ1) is 8.36. The second-order valence-electron chi connectivity index (χ2n) is 4.56. The van der Waals surface area contributed by atoms with Crippen LogP contribution >= 0.6 is 0 Å². The van der Waals surface area contributed by atoms with Crippen LogP contribution in [0.1, 0.15) is 33.6 Å². The lowest BCUT2D eigenvalue weighted by atomic mass is 10.0. The van der Waals surface area contributed by atoms with Gasteiger partial charge in [0, 0.05) is 12.2 Å². The highest BCUT2D eigenvalue weighted by molar-refractivity contribution is 7.89. The van der Waals surface area contributed by atoms with Gasteiger partial charge >= 0.3 is 0 Å². The van der Waals surface area contributed by atoms with Crippen LogP contribution in [-0.2, 0) is 10.0 Å². The Bertz CT molecular complexity index is 491. The van der Waals surface area contributed by atoms with E-state index >= 15 is 0 Å². The van der Waals surface area contributed by atoms with E-state index in [0.717, 1.165) is 12.5 Å². The van der Waals surface area contributed by atoms with Crippen molar-refractivity contribution < 1.29 is 12.8 Å². The Morgan fingerprint density at radius 2 is 2.11 bits per heavy atom. The third kappa shape index (κ3) is 4.03. The summed E-state index contributed by atoms with van der Waals surface area (Å²) in [6.07, 6.45) is 2.95. The van der Waals surface area contributed by atoms with Gasteiger partial charge in [-0.3, -0.25) is 0 Å². The summed E-state index contributed by atoms with van der Waals surface area (Å²) >= 11 is 0. The molecular weight excluding hydrogens is 255 g/mol. The largest absolute Gasteiger partial charge is 0.261 e. The number of rotatable bonds is 6. The third-order valence-electron chi connectivity index (χ3n) is 2.79. The Hall–Kier alpha value is -1.01. The molecule has 102 valence electrons. The maximum Gasteiger partial charge on any atom is 0.261 e. The Balaban J connectivity index is 2.80. The van der Waals surface area contributed by atoms with Gasteiger partial charge in [-0.1, -0.05) is 20.3 Å². The lowest BCUT2D eigenvalue weighted by molar-refractivity contribution is 0.443. The lowest BCUT2D eigenvalue weighted by Gasteiger charge is -2.17. The van der Waals surface area contributed by atoms with E-state index in [-0.39, 0.29) is 6.04 Å². The molecule has 4 nitrogen and oxygen atoms in total. The van der Waals surface area contributed by atoms with E-state index in [1.54, 1.807) is 6.92 Å². The predicted octanol–water partition coefficient (Wildman–Crippen LogP) is 2.32. The van der Waals surface area contributed by atoms with E-state index in [9.17, 15) is 12.8 Å². The zero-order chi connectivity index (χ0) is 13.8. The van der Waals surface area contributed by atoms with Crippen molar-refractivity contribution in [1.29, 1.82) is 0 Å². The highest BCUT2D eigenvalue weighted by Gasteiger charge is 2.23. The average molecular weight is 274 g/mol. The monoisotopic (exact) mass is 274 g/mol. The maximum absolute atomic E-state index is 13.4. The van der Waals surface area contributed by atoms with Crippen LogP contribution in [0.2, 0.25) is 0 Å². The summed E-state index contributed by atoms with van der Waals surface area (Å²) in [7, 11) is -3.88. The predicted molar refractivity (Wildman–Crippen MR) is 68.1 cm³/mol. The standard InChI is InChI=1S/C12H19FN2O2S/c1-4-9(2)8-10(3)15-18(16,17)12-11(13)6-5-7-14-12/h5-7,9-10,15H,4,8H2,1-3H3. The highest BCUT2D eigenvalue weighted by atomic mass is 32.2. The molecule has 0 saturated carbocycles. The van der Waals surface area contributed by atoms with E-state index in [1.807, 2.05) is 13.8 Å². The number of hydrogen-bond donors (Lipinski definition) is 1. The summed E-state index contributed by atoms with van der Waals surface area (Å²) in [5, 5.41) is -0.541. The topological polar surface area (TPSA) is 59.1 Å². The van der Waals surface area contributed by atoms with E-state index in [2.05, 4.69) is 9.71 Å². The van der Waals surface area contributed by atoms with Crippen LogP contribution in [0.25, 0.3) is 0 Å². The molecule has 0 aliphatic carbocycles. The fourth-order valence-corrected chi connectivity index (χ4v) is 2.97. The third-order valence-corrected chi connectivity index (χ3v) is 4.31. The summed E-state index contributed by atoms with van der Waals surface area (Å²) in [6.45, 7) is 5.86. The summed E-state index contributed by atoms with van der Waals surface area (Å²) in [4.78, 5) is 3.58. The Morgan fingerprint density at radius 1 is 1.44 bits per heavy atom. The molecule has 1 heterocycles. The molecule has 1 aromatic rings. The van der Waals surface area contributed by atoms with Gasteiger partial charge in [0.05, 0.1) is 0 Å². The molecular formula is C12H19FN2O2S. The second-order valence-corrected chi connectivity index (χ2v) is 6.19. The first kappa shape index (κ1) is 15.0. The molecule has 0 bridgehead atoms. The van der Waals surface area contributed by atoms with Crippen LogP contribution in [0, 0.1) is 11.7 Å². The maximum atomic E-state index is 13.4. The van der Waals surface area contributed by atoms with Gasteiger partial charge in [-0.05, 0) is 31.4 Å². The van der Waals surface area contributed by atoms with Crippen LogP contribution < -0.4 is 4.72 Å². The SMILES string of the molecule is CCC(C)CC(C)NS(=O)(=O)c1ncccc1F. The van der Waals surface area contributed by atoms with Crippen molar-refractivity contribution in [2.75, 3.05) is 0 Å². The minimum Gasteiger partial charge on any atom is -0.241 e. The molecule has 1 N–H and O–H groups in total. The summed E-state index contributed by atoms with van der Waals surface area (Å²) in [5.74, 6) is -0.419. The lowest BCUT2D eigenvalue weighted by Crippen LogP contribution is -2.34. The average Bonchev–Trinajstić information content (AvgIpc) is 2.28. The summed E-state index contributed by atoms with van der Waals surface area (Å²) in [6, 6.07) is 2.20. The van der Waals surface area contributed by atoms with Crippen molar-refractivity contribution in [3.63, 3.8) is 0 Å². The van der Waals surface area contributed by atoms with Crippen LogP contribution in [-0.4, -0.2) is 19.4 Å². The number of halogens is 1. The zero-order valence-corrected chi connectivity index (χ0v) is 11.7. The molecule has 1 rings (SSSR count).